The monoisotopic (exact) mass is 221 g/mol. The number of rotatable bonds is 4. The van der Waals surface area contributed by atoms with E-state index in [4.69, 9.17) is 0 Å². The maximum atomic E-state index is 4.10. The van der Waals surface area contributed by atoms with Gasteiger partial charge < -0.3 is 5.32 Å². The van der Waals surface area contributed by atoms with Crippen LogP contribution in [0.15, 0.2) is 0 Å². The fourth-order valence-corrected chi connectivity index (χ4v) is 2.47. The summed E-state index contributed by atoms with van der Waals surface area (Å²) in [6.45, 7) is 0.828. The normalized spacial score (nSPS) is 22.5. The highest BCUT2D eigenvalue weighted by Gasteiger charge is 2.27. The van der Waals surface area contributed by atoms with Crippen LogP contribution in [0.4, 0.5) is 0 Å². The van der Waals surface area contributed by atoms with Crippen LogP contribution in [0.25, 0.3) is 0 Å². The van der Waals surface area contributed by atoms with E-state index in [1.807, 2.05) is 4.68 Å². The molecule has 2 fully saturated rings. The van der Waals surface area contributed by atoms with Gasteiger partial charge in [0.05, 0.1) is 12.6 Å². The van der Waals surface area contributed by atoms with E-state index in [2.05, 4.69) is 20.8 Å². The zero-order valence-corrected chi connectivity index (χ0v) is 9.60. The molecular weight excluding hydrogens is 202 g/mol. The van der Waals surface area contributed by atoms with Crippen molar-refractivity contribution in [1.29, 1.82) is 0 Å². The van der Waals surface area contributed by atoms with Gasteiger partial charge in [-0.3, -0.25) is 0 Å². The number of hydrogen-bond acceptors (Lipinski definition) is 4. The van der Waals surface area contributed by atoms with Gasteiger partial charge in [0.15, 0.2) is 5.82 Å². The highest BCUT2D eigenvalue weighted by molar-refractivity contribution is 4.90. The second kappa shape index (κ2) is 4.49. The van der Waals surface area contributed by atoms with E-state index in [9.17, 15) is 0 Å². The van der Waals surface area contributed by atoms with Crippen LogP contribution in [-0.4, -0.2) is 26.2 Å². The Bertz CT molecular complexity index is 338. The lowest BCUT2D eigenvalue weighted by atomic mass is 9.95. The van der Waals surface area contributed by atoms with E-state index < -0.39 is 0 Å². The summed E-state index contributed by atoms with van der Waals surface area (Å²) >= 11 is 0. The van der Waals surface area contributed by atoms with Crippen LogP contribution in [-0.2, 0) is 6.54 Å². The van der Waals surface area contributed by atoms with Gasteiger partial charge in [-0.15, -0.1) is 5.10 Å². The molecule has 0 saturated heterocycles. The van der Waals surface area contributed by atoms with Gasteiger partial charge in [-0.05, 0) is 36.1 Å². The van der Waals surface area contributed by atoms with Gasteiger partial charge in [0.25, 0.3) is 0 Å². The van der Waals surface area contributed by atoms with Crippen LogP contribution in [0.5, 0.6) is 0 Å². The maximum Gasteiger partial charge on any atom is 0.165 e. The first-order valence-corrected chi connectivity index (χ1v) is 6.43. The van der Waals surface area contributed by atoms with E-state index in [1.54, 1.807) is 0 Å². The smallest absolute Gasteiger partial charge is 0.165 e. The SMILES string of the molecule is C1CCC(NCc2nnnn2C2CC2)CC1. The summed E-state index contributed by atoms with van der Waals surface area (Å²) in [6.07, 6.45) is 9.23. The predicted octanol–water partition coefficient (Wildman–Crippen LogP) is 1.43. The lowest BCUT2D eigenvalue weighted by Gasteiger charge is -2.22. The van der Waals surface area contributed by atoms with Crippen molar-refractivity contribution < 1.29 is 0 Å². The van der Waals surface area contributed by atoms with E-state index in [1.165, 1.54) is 44.9 Å². The number of hydrogen-bond donors (Lipinski definition) is 1. The quantitative estimate of drug-likeness (QED) is 0.835. The summed E-state index contributed by atoms with van der Waals surface area (Å²) in [5, 5.41) is 15.5. The lowest BCUT2D eigenvalue weighted by Crippen LogP contribution is -2.31. The first kappa shape index (κ1) is 10.2. The van der Waals surface area contributed by atoms with Crippen molar-refractivity contribution in [2.75, 3.05) is 0 Å². The third-order valence-corrected chi connectivity index (χ3v) is 3.61. The van der Waals surface area contributed by atoms with Crippen molar-refractivity contribution in [2.24, 2.45) is 0 Å². The number of nitrogens with one attached hydrogen (secondary N) is 1. The first-order valence-electron chi connectivity index (χ1n) is 6.43. The molecule has 2 saturated carbocycles. The van der Waals surface area contributed by atoms with Gasteiger partial charge in [0.2, 0.25) is 0 Å². The summed E-state index contributed by atoms with van der Waals surface area (Å²) in [6, 6.07) is 1.26. The largest absolute Gasteiger partial charge is 0.307 e. The lowest BCUT2D eigenvalue weighted by molar-refractivity contribution is 0.365. The van der Waals surface area contributed by atoms with E-state index in [-0.39, 0.29) is 0 Å². The van der Waals surface area contributed by atoms with Crippen LogP contribution in [0, 0.1) is 0 Å². The summed E-state index contributed by atoms with van der Waals surface area (Å²) in [4.78, 5) is 0. The summed E-state index contributed by atoms with van der Waals surface area (Å²) in [5.41, 5.74) is 0. The van der Waals surface area contributed by atoms with Gasteiger partial charge in [-0.25, -0.2) is 4.68 Å². The van der Waals surface area contributed by atoms with Crippen molar-refractivity contribution in [2.45, 2.75) is 63.6 Å². The van der Waals surface area contributed by atoms with Crippen LogP contribution >= 0.6 is 0 Å². The molecule has 1 aromatic heterocycles. The minimum absolute atomic E-state index is 0.582. The Morgan fingerprint density at radius 2 is 1.94 bits per heavy atom. The second-order valence-electron chi connectivity index (χ2n) is 4.99. The highest BCUT2D eigenvalue weighted by Crippen LogP contribution is 2.34. The van der Waals surface area contributed by atoms with Crippen molar-refractivity contribution in [3.63, 3.8) is 0 Å². The molecule has 0 bridgehead atoms. The second-order valence-corrected chi connectivity index (χ2v) is 4.99. The molecule has 0 aliphatic heterocycles. The van der Waals surface area contributed by atoms with E-state index >= 15 is 0 Å². The molecule has 0 atom stereocenters. The standard InChI is InChI=1S/C11H19N5/c1-2-4-9(5-3-1)12-8-11-13-14-15-16(11)10-6-7-10/h9-10,12H,1-8H2. The van der Waals surface area contributed by atoms with E-state index in [0.717, 1.165) is 12.4 Å². The Kier molecular flexibility index (Phi) is 2.86. The van der Waals surface area contributed by atoms with Crippen LogP contribution in [0.3, 0.4) is 0 Å². The van der Waals surface area contributed by atoms with Crippen molar-refractivity contribution >= 4 is 0 Å². The summed E-state index contributed by atoms with van der Waals surface area (Å²) in [5.74, 6) is 1.01. The average Bonchev–Trinajstić information content (AvgIpc) is 3.07. The van der Waals surface area contributed by atoms with Crippen molar-refractivity contribution in [3.05, 3.63) is 5.82 Å². The van der Waals surface area contributed by atoms with Crippen LogP contribution in [0.1, 0.15) is 56.8 Å². The molecule has 0 aromatic carbocycles. The number of nitrogens with zero attached hydrogens (tertiary/aromatic N) is 4. The first-order chi connectivity index (χ1) is 7.93. The summed E-state index contributed by atoms with van der Waals surface area (Å²) in [7, 11) is 0. The molecule has 16 heavy (non-hydrogen) atoms. The average molecular weight is 221 g/mol. The minimum Gasteiger partial charge on any atom is -0.307 e. The van der Waals surface area contributed by atoms with Crippen molar-refractivity contribution in [1.82, 2.24) is 25.5 Å². The Labute approximate surface area is 95.6 Å². The van der Waals surface area contributed by atoms with Gasteiger partial charge >= 0.3 is 0 Å². The Morgan fingerprint density at radius 3 is 2.69 bits per heavy atom. The van der Waals surface area contributed by atoms with Crippen LogP contribution in [0.2, 0.25) is 0 Å². The fraction of sp³-hybridized carbons (Fsp3) is 0.909. The minimum atomic E-state index is 0.582. The molecule has 0 spiro atoms. The third kappa shape index (κ3) is 2.24. The zero-order chi connectivity index (χ0) is 10.8. The molecular formula is C11H19N5. The number of aromatic nitrogens is 4. The van der Waals surface area contributed by atoms with Gasteiger partial charge in [-0.2, -0.15) is 0 Å². The Hall–Kier alpha value is -0.970. The van der Waals surface area contributed by atoms with Gasteiger partial charge in [-0.1, -0.05) is 19.3 Å². The Morgan fingerprint density at radius 1 is 1.12 bits per heavy atom. The molecule has 2 aliphatic rings. The summed E-state index contributed by atoms with van der Waals surface area (Å²) < 4.78 is 2.00. The number of tetrazole rings is 1. The molecule has 2 aliphatic carbocycles. The molecule has 1 aromatic rings. The molecule has 5 nitrogen and oxygen atoms in total. The Balaban J connectivity index is 1.54. The molecule has 1 N–H and O–H groups in total. The molecule has 3 rings (SSSR count). The molecule has 88 valence electrons. The fourth-order valence-electron chi connectivity index (χ4n) is 2.47. The third-order valence-electron chi connectivity index (χ3n) is 3.61. The molecule has 1 heterocycles. The molecule has 0 amide bonds. The van der Waals surface area contributed by atoms with Crippen molar-refractivity contribution in [3.8, 4) is 0 Å². The molecule has 5 heteroatoms. The predicted molar refractivity (Wildman–Crippen MR) is 59.8 cm³/mol. The highest BCUT2D eigenvalue weighted by atomic mass is 15.6. The maximum absolute atomic E-state index is 4.10. The van der Waals surface area contributed by atoms with Gasteiger partial charge in [0, 0.05) is 6.04 Å². The molecule has 0 radical (unpaired) electrons. The van der Waals surface area contributed by atoms with Gasteiger partial charge in [0.1, 0.15) is 0 Å². The molecule has 0 unspecified atom stereocenters. The van der Waals surface area contributed by atoms with Crippen LogP contribution < -0.4 is 5.32 Å². The van der Waals surface area contributed by atoms with E-state index in [0.29, 0.717) is 12.1 Å². The zero-order valence-electron chi connectivity index (χ0n) is 9.60. The topological polar surface area (TPSA) is 55.6 Å².